The number of ketones is 2. The minimum absolute atomic E-state index is 0.0126. The summed E-state index contributed by atoms with van der Waals surface area (Å²) in [7, 11) is 0. The highest BCUT2D eigenvalue weighted by molar-refractivity contribution is 6.37. The van der Waals surface area contributed by atoms with Gasteiger partial charge >= 0.3 is 0 Å². The maximum Gasteiger partial charge on any atom is 0.182 e. The van der Waals surface area contributed by atoms with Gasteiger partial charge in [-0.2, -0.15) is 10.5 Å². The first-order valence-corrected chi connectivity index (χ1v) is 6.51. The first-order valence-electron chi connectivity index (χ1n) is 5.76. The van der Waals surface area contributed by atoms with Gasteiger partial charge in [-0.15, -0.1) is 0 Å². The minimum Gasteiger partial charge on any atom is -0.290 e. The highest BCUT2D eigenvalue weighted by Gasteiger charge is 2.20. The number of benzene rings is 1. The summed E-state index contributed by atoms with van der Waals surface area (Å²) >= 11 is 11.9. The Hall–Kier alpha value is -2.40. The van der Waals surface area contributed by atoms with Crippen molar-refractivity contribution in [3.05, 3.63) is 56.6 Å². The summed E-state index contributed by atoms with van der Waals surface area (Å²) in [4.78, 5) is 23.1. The number of carbonyl (C=O) groups is 2. The van der Waals surface area contributed by atoms with Gasteiger partial charge in [0, 0.05) is 12.0 Å². The van der Waals surface area contributed by atoms with Crippen molar-refractivity contribution in [2.45, 2.75) is 6.42 Å². The molecule has 0 saturated heterocycles. The number of carbonyl (C=O) groups excluding carboxylic acids is 2. The van der Waals surface area contributed by atoms with E-state index in [4.69, 9.17) is 28.5 Å². The third kappa shape index (κ3) is 2.87. The highest BCUT2D eigenvalue weighted by Crippen LogP contribution is 2.31. The molecule has 0 radical (unpaired) electrons. The second-order valence-corrected chi connectivity index (χ2v) is 5.04. The Morgan fingerprint density at radius 1 is 1.05 bits per heavy atom. The molecule has 1 aliphatic carbocycles. The van der Waals surface area contributed by atoms with Crippen LogP contribution in [0.1, 0.15) is 16.7 Å². The van der Waals surface area contributed by atoms with E-state index in [-0.39, 0.29) is 44.7 Å². The summed E-state index contributed by atoms with van der Waals surface area (Å²) in [5.41, 5.74) is 0.733. The normalized spacial score (nSPS) is 13.6. The van der Waals surface area contributed by atoms with E-state index < -0.39 is 0 Å². The van der Waals surface area contributed by atoms with Gasteiger partial charge in [-0.3, -0.25) is 9.59 Å². The molecular weight excluding hydrogens is 311 g/mol. The lowest BCUT2D eigenvalue weighted by molar-refractivity contribution is -0.114. The standard InChI is InChI=1S/C15H6Cl2N2O2/c16-13-5-8(11(6-18)15(17)12(13)7-19)3-9-4-10(20)1-2-14(9)21/h1-2,4-5H,3H2. The lowest BCUT2D eigenvalue weighted by Gasteiger charge is -2.11. The summed E-state index contributed by atoms with van der Waals surface area (Å²) in [5.74, 6) is -0.607. The summed E-state index contributed by atoms with van der Waals surface area (Å²) in [6, 6.07) is 5.14. The van der Waals surface area contributed by atoms with Crippen molar-refractivity contribution < 1.29 is 9.59 Å². The molecule has 0 aromatic heterocycles. The average molecular weight is 317 g/mol. The molecular formula is C15H6Cl2N2O2. The monoisotopic (exact) mass is 316 g/mol. The van der Waals surface area contributed by atoms with Crippen LogP contribution in [0.3, 0.4) is 0 Å². The highest BCUT2D eigenvalue weighted by atomic mass is 35.5. The Bertz CT molecular complexity index is 808. The summed E-state index contributed by atoms with van der Waals surface area (Å²) in [6.45, 7) is 0. The van der Waals surface area contributed by atoms with E-state index in [1.165, 1.54) is 24.3 Å². The van der Waals surface area contributed by atoms with Crippen molar-refractivity contribution in [1.82, 2.24) is 0 Å². The molecule has 0 fully saturated rings. The van der Waals surface area contributed by atoms with Crippen LogP contribution in [-0.2, 0) is 16.0 Å². The third-order valence-corrected chi connectivity index (χ3v) is 3.61. The summed E-state index contributed by atoms with van der Waals surface area (Å²) < 4.78 is 0. The number of nitriles is 2. The van der Waals surface area contributed by atoms with Crippen LogP contribution < -0.4 is 0 Å². The molecule has 0 N–H and O–H groups in total. The largest absolute Gasteiger partial charge is 0.290 e. The van der Waals surface area contributed by atoms with E-state index in [0.717, 1.165) is 0 Å². The lowest BCUT2D eigenvalue weighted by atomic mass is 9.93. The quantitative estimate of drug-likeness (QED) is 0.785. The van der Waals surface area contributed by atoms with Gasteiger partial charge in [0.25, 0.3) is 0 Å². The molecule has 1 aromatic carbocycles. The van der Waals surface area contributed by atoms with Crippen LogP contribution in [0.4, 0.5) is 0 Å². The molecule has 102 valence electrons. The number of rotatable bonds is 2. The third-order valence-electron chi connectivity index (χ3n) is 2.94. The second-order valence-electron chi connectivity index (χ2n) is 4.25. The number of hydrogen-bond donors (Lipinski definition) is 0. The van der Waals surface area contributed by atoms with Crippen LogP contribution in [-0.4, -0.2) is 11.6 Å². The molecule has 0 amide bonds. The molecule has 0 spiro atoms. The molecule has 0 heterocycles. The fourth-order valence-electron chi connectivity index (χ4n) is 1.93. The molecule has 2 rings (SSSR count). The molecule has 21 heavy (non-hydrogen) atoms. The maximum atomic E-state index is 11.7. The van der Waals surface area contributed by atoms with Crippen molar-refractivity contribution >= 4 is 34.8 Å². The number of halogens is 2. The van der Waals surface area contributed by atoms with E-state index in [1.54, 1.807) is 0 Å². The Morgan fingerprint density at radius 3 is 2.33 bits per heavy atom. The Balaban J connectivity index is 2.52. The van der Waals surface area contributed by atoms with Crippen molar-refractivity contribution in [2.24, 2.45) is 0 Å². The predicted octanol–water partition coefficient (Wildman–Crippen LogP) is 2.91. The SMILES string of the molecule is N#Cc1c(Cl)cc(CC2=CC(=O)C=CC2=O)c(C#N)c1Cl. The smallest absolute Gasteiger partial charge is 0.182 e. The van der Waals surface area contributed by atoms with E-state index >= 15 is 0 Å². The number of hydrogen-bond acceptors (Lipinski definition) is 4. The maximum absolute atomic E-state index is 11.7. The van der Waals surface area contributed by atoms with Crippen LogP contribution in [0.5, 0.6) is 0 Å². The van der Waals surface area contributed by atoms with Crippen molar-refractivity contribution in [3.8, 4) is 12.1 Å². The van der Waals surface area contributed by atoms with Crippen LogP contribution in [0.2, 0.25) is 10.0 Å². The molecule has 4 nitrogen and oxygen atoms in total. The van der Waals surface area contributed by atoms with Gasteiger partial charge in [0.05, 0.1) is 21.2 Å². The summed E-state index contributed by atoms with van der Waals surface area (Å²) in [5, 5.41) is 18.2. The second kappa shape index (κ2) is 5.93. The van der Waals surface area contributed by atoms with Crippen LogP contribution in [0.25, 0.3) is 0 Å². The molecule has 0 unspecified atom stereocenters. The van der Waals surface area contributed by atoms with Gasteiger partial charge < -0.3 is 0 Å². The fraction of sp³-hybridized carbons (Fsp3) is 0.0667. The fourth-order valence-corrected chi connectivity index (χ4v) is 2.55. The zero-order chi connectivity index (χ0) is 15.6. The van der Waals surface area contributed by atoms with Gasteiger partial charge in [0.2, 0.25) is 0 Å². The topological polar surface area (TPSA) is 81.7 Å². The minimum atomic E-state index is -0.310. The average Bonchev–Trinajstić information content (AvgIpc) is 2.43. The summed E-state index contributed by atoms with van der Waals surface area (Å²) in [6.07, 6.45) is 3.61. The number of nitrogens with zero attached hydrogens (tertiary/aromatic N) is 2. The van der Waals surface area contributed by atoms with Crippen LogP contribution in [0, 0.1) is 22.7 Å². The first kappa shape index (κ1) is 15.0. The van der Waals surface area contributed by atoms with Gasteiger partial charge in [0.1, 0.15) is 12.1 Å². The lowest BCUT2D eigenvalue weighted by Crippen LogP contribution is -2.10. The van der Waals surface area contributed by atoms with Crippen molar-refractivity contribution in [1.29, 1.82) is 10.5 Å². The van der Waals surface area contributed by atoms with Crippen molar-refractivity contribution in [3.63, 3.8) is 0 Å². The Kier molecular flexibility index (Phi) is 4.23. The predicted molar refractivity (Wildman–Crippen MR) is 76.8 cm³/mol. The van der Waals surface area contributed by atoms with Gasteiger partial charge in [-0.25, -0.2) is 0 Å². The molecule has 1 aliphatic rings. The van der Waals surface area contributed by atoms with Crippen molar-refractivity contribution in [2.75, 3.05) is 0 Å². The molecule has 0 atom stereocenters. The molecule has 6 heteroatoms. The molecule has 0 saturated carbocycles. The van der Waals surface area contributed by atoms with E-state index in [9.17, 15) is 14.9 Å². The Morgan fingerprint density at radius 2 is 1.71 bits per heavy atom. The van der Waals surface area contributed by atoms with Gasteiger partial charge in [-0.05, 0) is 29.9 Å². The van der Waals surface area contributed by atoms with E-state index in [2.05, 4.69) is 0 Å². The zero-order valence-corrected chi connectivity index (χ0v) is 12.0. The zero-order valence-electron chi connectivity index (χ0n) is 10.5. The van der Waals surface area contributed by atoms with E-state index in [0.29, 0.717) is 5.56 Å². The van der Waals surface area contributed by atoms with E-state index in [1.807, 2.05) is 12.1 Å². The molecule has 1 aromatic rings. The molecule has 0 bridgehead atoms. The van der Waals surface area contributed by atoms with Crippen LogP contribution in [0.15, 0.2) is 29.9 Å². The molecule has 0 aliphatic heterocycles. The van der Waals surface area contributed by atoms with Gasteiger partial charge in [0.15, 0.2) is 11.6 Å². The number of allylic oxidation sites excluding steroid dienone is 4. The first-order chi connectivity index (χ1) is 9.97. The Labute approximate surface area is 130 Å². The van der Waals surface area contributed by atoms with Gasteiger partial charge in [-0.1, -0.05) is 23.2 Å². The van der Waals surface area contributed by atoms with Crippen LogP contribution >= 0.6 is 23.2 Å².